The number of carboxylic acids is 1. The van der Waals surface area contributed by atoms with E-state index in [-0.39, 0.29) is 0 Å². The normalized spacial score (nSPS) is 15.9. The first-order chi connectivity index (χ1) is 11.0. The number of imide groups is 1. The molecule has 7 heteroatoms. The highest BCUT2D eigenvalue weighted by Gasteiger charge is 2.25. The summed E-state index contributed by atoms with van der Waals surface area (Å²) in [5, 5.41) is 12.1. The Bertz CT molecular complexity index is 859. The number of nitrogens with one attached hydrogen (secondary N) is 1. The molecule has 1 saturated heterocycles. The molecule has 0 radical (unpaired) electrons. The Kier molecular flexibility index (Phi) is 4.03. The van der Waals surface area contributed by atoms with Gasteiger partial charge in [0.2, 0.25) is 0 Å². The van der Waals surface area contributed by atoms with Crippen LogP contribution in [-0.2, 0) is 9.59 Å². The van der Waals surface area contributed by atoms with E-state index in [1.807, 2.05) is 24.3 Å². The van der Waals surface area contributed by atoms with Crippen LogP contribution in [0.15, 0.2) is 41.3 Å². The van der Waals surface area contributed by atoms with Gasteiger partial charge in [-0.05, 0) is 34.9 Å². The number of carbonyl (C=O) groups excluding carboxylic acids is 2. The van der Waals surface area contributed by atoms with Crippen LogP contribution in [-0.4, -0.2) is 28.8 Å². The molecule has 0 bridgehead atoms. The van der Waals surface area contributed by atoms with Crippen LogP contribution in [0.4, 0.5) is 4.79 Å². The number of ether oxygens (including phenoxy) is 1. The zero-order valence-corrected chi connectivity index (χ0v) is 12.6. The van der Waals surface area contributed by atoms with Crippen molar-refractivity contribution in [3.63, 3.8) is 0 Å². The van der Waals surface area contributed by atoms with Gasteiger partial charge in [0.25, 0.3) is 11.1 Å². The molecule has 2 amide bonds. The molecule has 2 aromatic carbocycles. The number of carboxylic acid groups (broad SMARTS) is 1. The maximum absolute atomic E-state index is 11.7. The van der Waals surface area contributed by atoms with Crippen molar-refractivity contribution in [2.45, 2.75) is 0 Å². The fraction of sp³-hybridized carbons (Fsp3) is 0.0625. The van der Waals surface area contributed by atoms with E-state index >= 15 is 0 Å². The van der Waals surface area contributed by atoms with E-state index in [2.05, 4.69) is 5.32 Å². The van der Waals surface area contributed by atoms with Gasteiger partial charge < -0.3 is 9.84 Å². The number of thioether (sulfide) groups is 1. The average Bonchev–Trinajstić information content (AvgIpc) is 2.84. The third kappa shape index (κ3) is 3.19. The van der Waals surface area contributed by atoms with Crippen molar-refractivity contribution in [1.29, 1.82) is 0 Å². The summed E-state index contributed by atoms with van der Waals surface area (Å²) in [4.78, 5) is 33.9. The highest BCUT2D eigenvalue weighted by Crippen LogP contribution is 2.32. The van der Waals surface area contributed by atoms with Gasteiger partial charge >= 0.3 is 5.97 Å². The van der Waals surface area contributed by atoms with E-state index in [4.69, 9.17) is 9.84 Å². The summed E-state index contributed by atoms with van der Waals surface area (Å²) in [5.74, 6) is -1.03. The van der Waals surface area contributed by atoms with Gasteiger partial charge in [0.15, 0.2) is 6.61 Å². The summed E-state index contributed by atoms with van der Waals surface area (Å²) in [6.07, 6.45) is 1.63. The minimum absolute atomic E-state index is 0.319. The summed E-state index contributed by atoms with van der Waals surface area (Å²) >= 11 is 0.848. The molecule has 0 saturated carbocycles. The number of carbonyl (C=O) groups is 3. The van der Waals surface area contributed by atoms with Crippen LogP contribution >= 0.6 is 11.8 Å². The zero-order chi connectivity index (χ0) is 16.4. The highest BCUT2D eigenvalue weighted by molar-refractivity contribution is 8.18. The lowest BCUT2D eigenvalue weighted by atomic mass is 10.0. The van der Waals surface area contributed by atoms with E-state index in [0.717, 1.165) is 28.1 Å². The van der Waals surface area contributed by atoms with Gasteiger partial charge in [0, 0.05) is 5.39 Å². The average molecular weight is 329 g/mol. The standard InChI is InChI=1S/C16H11NO5S/c18-14(19)8-22-12-6-5-9(10-3-1-2-4-11(10)12)7-13-15(20)17-16(21)23-13/h1-7H,8H2,(H,18,19)(H,17,20,21)/b13-7-. The van der Waals surface area contributed by atoms with Crippen LogP contribution < -0.4 is 10.1 Å². The summed E-state index contributed by atoms with van der Waals surface area (Å²) in [6, 6.07) is 10.7. The van der Waals surface area contributed by atoms with Gasteiger partial charge in [-0.1, -0.05) is 30.3 Å². The van der Waals surface area contributed by atoms with Crippen molar-refractivity contribution < 1.29 is 24.2 Å². The summed E-state index contributed by atoms with van der Waals surface area (Å²) in [5.41, 5.74) is 0.746. The molecule has 0 aliphatic carbocycles. The van der Waals surface area contributed by atoms with E-state index in [1.54, 1.807) is 18.2 Å². The van der Waals surface area contributed by atoms with E-state index in [9.17, 15) is 14.4 Å². The van der Waals surface area contributed by atoms with Crippen molar-refractivity contribution in [2.24, 2.45) is 0 Å². The van der Waals surface area contributed by atoms with Crippen LogP contribution in [0.2, 0.25) is 0 Å². The predicted molar refractivity (Wildman–Crippen MR) is 86.2 cm³/mol. The van der Waals surface area contributed by atoms with Gasteiger partial charge in [-0.15, -0.1) is 0 Å². The fourth-order valence-corrected chi connectivity index (χ4v) is 2.92. The molecule has 3 rings (SSSR count). The van der Waals surface area contributed by atoms with E-state index < -0.39 is 23.7 Å². The maximum Gasteiger partial charge on any atom is 0.341 e. The van der Waals surface area contributed by atoms with E-state index in [1.165, 1.54) is 0 Å². The lowest BCUT2D eigenvalue weighted by Gasteiger charge is -2.10. The molecule has 1 fully saturated rings. The molecular formula is C16H11NO5S. The SMILES string of the molecule is O=C(O)COc1ccc(/C=C2\SC(=O)NC2=O)c2ccccc12. The number of hydrogen-bond acceptors (Lipinski definition) is 5. The minimum Gasteiger partial charge on any atom is -0.481 e. The molecule has 2 aromatic rings. The first kappa shape index (κ1) is 15.1. The van der Waals surface area contributed by atoms with Crippen LogP contribution in [0.25, 0.3) is 16.8 Å². The van der Waals surface area contributed by atoms with Crippen LogP contribution in [0.3, 0.4) is 0 Å². The smallest absolute Gasteiger partial charge is 0.341 e. The van der Waals surface area contributed by atoms with Gasteiger partial charge in [-0.2, -0.15) is 0 Å². The second-order valence-electron chi connectivity index (χ2n) is 4.73. The Labute approximate surface area is 135 Å². The Morgan fingerprint density at radius 1 is 1.17 bits per heavy atom. The number of fused-ring (bicyclic) bond motifs is 1. The second-order valence-corrected chi connectivity index (χ2v) is 5.75. The molecule has 116 valence electrons. The molecule has 0 aromatic heterocycles. The van der Waals surface area contributed by atoms with Gasteiger partial charge in [-0.25, -0.2) is 4.79 Å². The summed E-state index contributed by atoms with van der Waals surface area (Å²) in [6.45, 7) is -0.433. The maximum atomic E-state index is 11.7. The van der Waals surface area contributed by atoms with Gasteiger partial charge in [0.1, 0.15) is 5.75 Å². The highest BCUT2D eigenvalue weighted by atomic mass is 32.2. The van der Waals surface area contributed by atoms with Crippen molar-refractivity contribution in [2.75, 3.05) is 6.61 Å². The molecule has 0 atom stereocenters. The largest absolute Gasteiger partial charge is 0.481 e. The number of aliphatic carboxylic acids is 1. The van der Waals surface area contributed by atoms with Crippen LogP contribution in [0.1, 0.15) is 5.56 Å². The topological polar surface area (TPSA) is 92.7 Å². The number of amides is 2. The van der Waals surface area contributed by atoms with Crippen molar-refractivity contribution in [1.82, 2.24) is 5.32 Å². The molecule has 0 spiro atoms. The monoisotopic (exact) mass is 329 g/mol. The third-order valence-corrected chi connectivity index (χ3v) is 4.01. The number of rotatable bonds is 4. The predicted octanol–water partition coefficient (Wildman–Crippen LogP) is 2.63. The lowest BCUT2D eigenvalue weighted by molar-refractivity contribution is -0.139. The zero-order valence-electron chi connectivity index (χ0n) is 11.7. The quantitative estimate of drug-likeness (QED) is 0.838. The van der Waals surface area contributed by atoms with Crippen LogP contribution in [0.5, 0.6) is 5.75 Å². The number of benzene rings is 2. The molecule has 1 heterocycles. The Morgan fingerprint density at radius 3 is 2.57 bits per heavy atom. The molecule has 6 nitrogen and oxygen atoms in total. The van der Waals surface area contributed by atoms with Gasteiger partial charge in [-0.3, -0.25) is 14.9 Å². The van der Waals surface area contributed by atoms with Crippen molar-refractivity contribution in [3.8, 4) is 5.75 Å². The first-order valence-electron chi connectivity index (χ1n) is 6.66. The summed E-state index contributed by atoms with van der Waals surface area (Å²) in [7, 11) is 0. The molecule has 1 aliphatic heterocycles. The molecule has 0 unspecified atom stereocenters. The fourth-order valence-electron chi connectivity index (χ4n) is 2.25. The van der Waals surface area contributed by atoms with Crippen LogP contribution in [0, 0.1) is 0 Å². The third-order valence-electron chi connectivity index (χ3n) is 3.20. The van der Waals surface area contributed by atoms with Crippen molar-refractivity contribution in [3.05, 3.63) is 46.9 Å². The molecular weight excluding hydrogens is 318 g/mol. The first-order valence-corrected chi connectivity index (χ1v) is 7.47. The minimum atomic E-state index is -1.06. The number of hydrogen-bond donors (Lipinski definition) is 2. The lowest BCUT2D eigenvalue weighted by Crippen LogP contribution is -2.17. The van der Waals surface area contributed by atoms with Crippen molar-refractivity contribution >= 4 is 45.7 Å². The van der Waals surface area contributed by atoms with E-state index in [0.29, 0.717) is 10.7 Å². The molecule has 23 heavy (non-hydrogen) atoms. The summed E-state index contributed by atoms with van der Waals surface area (Å²) < 4.78 is 5.29. The molecule has 1 aliphatic rings. The Morgan fingerprint density at radius 2 is 1.91 bits per heavy atom. The Hall–Kier alpha value is -2.80. The van der Waals surface area contributed by atoms with Gasteiger partial charge in [0.05, 0.1) is 4.91 Å². The molecule has 2 N–H and O–H groups in total. The second kappa shape index (κ2) is 6.13. The Balaban J connectivity index is 2.04.